The molecule has 6 heteroatoms. The van der Waals surface area contributed by atoms with Gasteiger partial charge < -0.3 is 9.80 Å². The number of nitrogens with zero attached hydrogens (tertiary/aromatic N) is 3. The summed E-state index contributed by atoms with van der Waals surface area (Å²) in [4.78, 5) is 34.0. The zero-order valence-corrected chi connectivity index (χ0v) is 23.9. The lowest BCUT2D eigenvalue weighted by molar-refractivity contribution is -0.142. The highest BCUT2D eigenvalue weighted by Crippen LogP contribution is 2.38. The Morgan fingerprint density at radius 1 is 0.919 bits per heavy atom. The quantitative estimate of drug-likeness (QED) is 0.329. The van der Waals surface area contributed by atoms with Crippen LogP contribution in [0.4, 0.5) is 0 Å². The van der Waals surface area contributed by atoms with Crippen molar-refractivity contribution in [2.45, 2.75) is 90.6 Å². The summed E-state index contributed by atoms with van der Waals surface area (Å²) in [5, 5.41) is 2.21. The molecule has 202 valence electrons. The number of aryl methyl sites for hydroxylation is 1. The molecule has 3 heterocycles. The molecule has 2 atom stereocenters. The van der Waals surface area contributed by atoms with Crippen molar-refractivity contribution in [2.24, 2.45) is 0 Å². The van der Waals surface area contributed by atoms with E-state index in [0.29, 0.717) is 32.5 Å². The first-order valence-corrected chi connectivity index (χ1v) is 15.3. The fourth-order valence-electron chi connectivity index (χ4n) is 6.02. The van der Waals surface area contributed by atoms with Crippen LogP contribution in [-0.4, -0.2) is 65.3 Å². The fourth-order valence-corrected chi connectivity index (χ4v) is 6.92. The Kier molecular flexibility index (Phi) is 10.2. The number of carbonyl (C=O) groups is 2. The molecule has 0 N–H and O–H groups in total. The standard InChI is InChI=1S/C31H45N3O2S/c1-4-5-6-7-8-9-14-30(36)34-21-20-33(23-25(34)3)29(35)16-19-32-18-15-28-27(17-22-37-28)31(32)26-13-11-10-12-24(26)2/h10-13,17,22,25,31H,4-9,14-16,18-21,23H2,1-3H3/t25-,31-/m0/s1. The summed E-state index contributed by atoms with van der Waals surface area (Å²) in [5.41, 5.74) is 4.06. The van der Waals surface area contributed by atoms with Gasteiger partial charge in [0.25, 0.3) is 0 Å². The van der Waals surface area contributed by atoms with Crippen LogP contribution in [0.2, 0.25) is 0 Å². The third-order valence-corrected chi connectivity index (χ3v) is 9.20. The molecule has 1 fully saturated rings. The number of fused-ring (bicyclic) bond motifs is 1. The predicted octanol–water partition coefficient (Wildman–Crippen LogP) is 6.20. The summed E-state index contributed by atoms with van der Waals surface area (Å²) in [6.07, 6.45) is 9.41. The molecule has 0 radical (unpaired) electrons. The molecule has 1 saturated heterocycles. The number of amides is 2. The summed E-state index contributed by atoms with van der Waals surface area (Å²) in [6.45, 7) is 10.2. The van der Waals surface area contributed by atoms with Gasteiger partial charge in [-0.1, -0.05) is 63.3 Å². The Labute approximate surface area is 227 Å². The van der Waals surface area contributed by atoms with Crippen molar-refractivity contribution in [3.63, 3.8) is 0 Å². The van der Waals surface area contributed by atoms with E-state index < -0.39 is 0 Å². The second kappa shape index (κ2) is 13.6. The van der Waals surface area contributed by atoms with Crippen LogP contribution in [0.15, 0.2) is 35.7 Å². The minimum Gasteiger partial charge on any atom is -0.339 e. The maximum atomic E-state index is 13.3. The smallest absolute Gasteiger partial charge is 0.223 e. The van der Waals surface area contributed by atoms with Crippen molar-refractivity contribution in [3.8, 4) is 0 Å². The largest absolute Gasteiger partial charge is 0.339 e. The first-order chi connectivity index (χ1) is 18.0. The zero-order valence-electron chi connectivity index (χ0n) is 23.1. The number of piperazine rings is 1. The van der Waals surface area contributed by atoms with E-state index in [9.17, 15) is 9.59 Å². The van der Waals surface area contributed by atoms with Crippen LogP contribution < -0.4 is 0 Å². The average molecular weight is 524 g/mol. The maximum Gasteiger partial charge on any atom is 0.223 e. The Hall–Kier alpha value is -2.18. The Morgan fingerprint density at radius 3 is 2.49 bits per heavy atom. The van der Waals surface area contributed by atoms with Gasteiger partial charge in [0.2, 0.25) is 11.8 Å². The van der Waals surface area contributed by atoms with Crippen LogP contribution in [0, 0.1) is 6.92 Å². The van der Waals surface area contributed by atoms with Gasteiger partial charge >= 0.3 is 0 Å². The van der Waals surface area contributed by atoms with Crippen LogP contribution in [0.25, 0.3) is 0 Å². The maximum absolute atomic E-state index is 13.3. The molecular formula is C31H45N3O2S. The highest BCUT2D eigenvalue weighted by atomic mass is 32.1. The highest BCUT2D eigenvalue weighted by molar-refractivity contribution is 7.10. The molecule has 1 aromatic heterocycles. The average Bonchev–Trinajstić information content (AvgIpc) is 3.38. The van der Waals surface area contributed by atoms with Crippen LogP contribution in [0.3, 0.4) is 0 Å². The van der Waals surface area contributed by atoms with Crippen LogP contribution >= 0.6 is 11.3 Å². The fraction of sp³-hybridized carbons (Fsp3) is 0.613. The van der Waals surface area contributed by atoms with Gasteiger partial charge in [0.1, 0.15) is 0 Å². The van der Waals surface area contributed by atoms with Gasteiger partial charge in [-0.15, -0.1) is 11.3 Å². The first-order valence-electron chi connectivity index (χ1n) is 14.4. The normalized spacial score (nSPS) is 20.2. The summed E-state index contributed by atoms with van der Waals surface area (Å²) in [5.74, 6) is 0.477. The van der Waals surface area contributed by atoms with E-state index >= 15 is 0 Å². The number of thiophene rings is 1. The van der Waals surface area contributed by atoms with Crippen molar-refractivity contribution < 1.29 is 9.59 Å². The topological polar surface area (TPSA) is 43.9 Å². The lowest BCUT2D eigenvalue weighted by Crippen LogP contribution is -2.55. The molecule has 2 aromatic rings. The highest BCUT2D eigenvalue weighted by Gasteiger charge is 2.32. The Morgan fingerprint density at radius 2 is 1.70 bits per heavy atom. The van der Waals surface area contributed by atoms with Crippen molar-refractivity contribution in [1.82, 2.24) is 14.7 Å². The van der Waals surface area contributed by atoms with Crippen LogP contribution in [0.1, 0.15) is 92.8 Å². The van der Waals surface area contributed by atoms with E-state index in [0.717, 1.165) is 32.4 Å². The second-order valence-corrected chi connectivity index (χ2v) is 11.9. The summed E-state index contributed by atoms with van der Waals surface area (Å²) < 4.78 is 0. The number of rotatable bonds is 11. The number of benzene rings is 1. The molecule has 37 heavy (non-hydrogen) atoms. The van der Waals surface area contributed by atoms with E-state index in [4.69, 9.17) is 0 Å². The van der Waals surface area contributed by atoms with Gasteiger partial charge in [0, 0.05) is 56.5 Å². The second-order valence-electron chi connectivity index (χ2n) is 10.9. The minimum absolute atomic E-state index is 0.0911. The molecule has 2 aliphatic heterocycles. The summed E-state index contributed by atoms with van der Waals surface area (Å²) in [7, 11) is 0. The van der Waals surface area contributed by atoms with Crippen LogP contribution in [-0.2, 0) is 16.0 Å². The molecule has 2 aliphatic rings. The molecule has 1 aromatic carbocycles. The number of hydrogen-bond donors (Lipinski definition) is 0. The molecule has 5 nitrogen and oxygen atoms in total. The van der Waals surface area contributed by atoms with Gasteiger partial charge in [-0.05, 0) is 54.8 Å². The molecular weight excluding hydrogens is 478 g/mol. The van der Waals surface area contributed by atoms with E-state index in [1.54, 1.807) is 0 Å². The van der Waals surface area contributed by atoms with E-state index in [1.807, 2.05) is 21.1 Å². The minimum atomic E-state index is 0.0911. The van der Waals surface area contributed by atoms with Crippen molar-refractivity contribution in [1.29, 1.82) is 0 Å². The van der Waals surface area contributed by atoms with Gasteiger partial charge in [-0.25, -0.2) is 0 Å². The Bertz CT molecular complexity index is 1030. The molecule has 0 aliphatic carbocycles. The van der Waals surface area contributed by atoms with E-state index in [-0.39, 0.29) is 23.9 Å². The first kappa shape index (κ1) is 27.8. The van der Waals surface area contributed by atoms with Gasteiger partial charge in [0.15, 0.2) is 0 Å². The predicted molar refractivity (Wildman–Crippen MR) is 153 cm³/mol. The van der Waals surface area contributed by atoms with Crippen LogP contribution in [0.5, 0.6) is 0 Å². The zero-order chi connectivity index (χ0) is 26.2. The molecule has 0 saturated carbocycles. The van der Waals surface area contributed by atoms with Crippen molar-refractivity contribution in [3.05, 3.63) is 57.3 Å². The molecule has 0 bridgehead atoms. The lowest BCUT2D eigenvalue weighted by atomic mass is 9.90. The SMILES string of the molecule is CCCCCCCCC(=O)N1CCN(C(=O)CCN2CCc3sccc3[C@@H]2c2ccccc2C)C[C@@H]1C. The van der Waals surface area contributed by atoms with Gasteiger partial charge in [-0.2, -0.15) is 0 Å². The molecule has 2 amide bonds. The lowest BCUT2D eigenvalue weighted by Gasteiger charge is -2.41. The monoisotopic (exact) mass is 523 g/mol. The van der Waals surface area contributed by atoms with Gasteiger partial charge in [-0.3, -0.25) is 14.5 Å². The third kappa shape index (κ3) is 7.02. The molecule has 0 spiro atoms. The Balaban J connectivity index is 1.28. The van der Waals surface area contributed by atoms with E-state index in [2.05, 4.69) is 61.4 Å². The number of unbranched alkanes of at least 4 members (excludes halogenated alkanes) is 5. The third-order valence-electron chi connectivity index (χ3n) is 8.21. The van der Waals surface area contributed by atoms with E-state index in [1.165, 1.54) is 47.3 Å². The van der Waals surface area contributed by atoms with Crippen molar-refractivity contribution in [2.75, 3.05) is 32.7 Å². The number of carbonyl (C=O) groups excluding carboxylic acids is 2. The molecule has 4 rings (SSSR count). The summed E-state index contributed by atoms with van der Waals surface area (Å²) >= 11 is 1.86. The molecule has 0 unspecified atom stereocenters. The van der Waals surface area contributed by atoms with Crippen molar-refractivity contribution >= 4 is 23.2 Å². The number of hydrogen-bond acceptors (Lipinski definition) is 4. The summed E-state index contributed by atoms with van der Waals surface area (Å²) in [6, 6.07) is 11.2. The van der Waals surface area contributed by atoms with Gasteiger partial charge in [0.05, 0.1) is 6.04 Å².